The number of hydrogen-bond donors (Lipinski definition) is 1. The van der Waals surface area contributed by atoms with E-state index in [4.69, 9.17) is 4.74 Å². The van der Waals surface area contributed by atoms with Crippen molar-refractivity contribution in [3.8, 4) is 16.9 Å². The standard InChI is InChI=1S/C24H24N2O2/c1-3-18(2)25-26-24(27)21-15-13-19(14-16-21)17-28-23-12-8-7-11-22(23)20-9-5-4-6-10-20/h4-16H,3,17H2,1-2H3,(H,26,27)/b25-18-. The van der Waals surface area contributed by atoms with E-state index in [-0.39, 0.29) is 5.91 Å². The van der Waals surface area contributed by atoms with Crippen molar-refractivity contribution in [1.29, 1.82) is 0 Å². The molecule has 0 atom stereocenters. The first kappa shape index (κ1) is 19.4. The summed E-state index contributed by atoms with van der Waals surface area (Å²) in [4.78, 5) is 12.1. The van der Waals surface area contributed by atoms with Gasteiger partial charge < -0.3 is 4.74 Å². The normalized spacial score (nSPS) is 11.1. The summed E-state index contributed by atoms with van der Waals surface area (Å²) >= 11 is 0. The van der Waals surface area contributed by atoms with Gasteiger partial charge in [-0.15, -0.1) is 0 Å². The molecule has 3 aromatic carbocycles. The van der Waals surface area contributed by atoms with Gasteiger partial charge in [0.2, 0.25) is 0 Å². The second-order valence-electron chi connectivity index (χ2n) is 6.49. The van der Waals surface area contributed by atoms with Crippen LogP contribution >= 0.6 is 0 Å². The number of hydrazone groups is 1. The molecule has 0 spiro atoms. The topological polar surface area (TPSA) is 50.7 Å². The molecule has 1 N–H and O–H groups in total. The molecule has 3 aromatic rings. The Morgan fingerprint density at radius 3 is 2.32 bits per heavy atom. The van der Waals surface area contributed by atoms with E-state index in [2.05, 4.69) is 28.7 Å². The molecule has 3 rings (SSSR count). The van der Waals surface area contributed by atoms with E-state index in [1.165, 1.54) is 0 Å². The highest BCUT2D eigenvalue weighted by Crippen LogP contribution is 2.30. The zero-order valence-corrected chi connectivity index (χ0v) is 16.2. The predicted molar refractivity (Wildman–Crippen MR) is 114 cm³/mol. The van der Waals surface area contributed by atoms with Gasteiger partial charge in [-0.2, -0.15) is 5.10 Å². The van der Waals surface area contributed by atoms with Crippen molar-refractivity contribution in [1.82, 2.24) is 5.43 Å². The second kappa shape index (κ2) is 9.51. The molecule has 4 heteroatoms. The van der Waals surface area contributed by atoms with Gasteiger partial charge in [-0.1, -0.05) is 67.6 Å². The third-order valence-corrected chi connectivity index (χ3v) is 4.44. The third-order valence-electron chi connectivity index (χ3n) is 4.44. The monoisotopic (exact) mass is 372 g/mol. The molecule has 0 saturated carbocycles. The number of nitrogens with one attached hydrogen (secondary N) is 1. The lowest BCUT2D eigenvalue weighted by Crippen LogP contribution is -2.18. The average Bonchev–Trinajstić information content (AvgIpc) is 2.77. The number of hydrogen-bond acceptors (Lipinski definition) is 3. The zero-order valence-electron chi connectivity index (χ0n) is 16.2. The highest BCUT2D eigenvalue weighted by atomic mass is 16.5. The minimum absolute atomic E-state index is 0.213. The highest BCUT2D eigenvalue weighted by Gasteiger charge is 2.07. The van der Waals surface area contributed by atoms with Crippen LogP contribution in [0.2, 0.25) is 0 Å². The first-order chi connectivity index (χ1) is 13.7. The second-order valence-corrected chi connectivity index (χ2v) is 6.49. The van der Waals surface area contributed by atoms with Crippen molar-refractivity contribution in [3.05, 3.63) is 90.0 Å². The minimum Gasteiger partial charge on any atom is -0.488 e. The molecule has 0 aliphatic heterocycles. The molecule has 0 bridgehead atoms. The first-order valence-electron chi connectivity index (χ1n) is 9.37. The number of carbonyl (C=O) groups excluding carboxylic acids is 1. The van der Waals surface area contributed by atoms with E-state index in [0.29, 0.717) is 12.2 Å². The zero-order chi connectivity index (χ0) is 19.8. The lowest BCUT2D eigenvalue weighted by atomic mass is 10.0. The van der Waals surface area contributed by atoms with Crippen molar-refractivity contribution in [2.24, 2.45) is 5.10 Å². The third kappa shape index (κ3) is 5.07. The lowest BCUT2D eigenvalue weighted by molar-refractivity contribution is 0.0954. The smallest absolute Gasteiger partial charge is 0.271 e. The summed E-state index contributed by atoms with van der Waals surface area (Å²) in [6, 6.07) is 25.5. The fraction of sp³-hybridized carbons (Fsp3) is 0.167. The van der Waals surface area contributed by atoms with E-state index in [1.54, 1.807) is 12.1 Å². The van der Waals surface area contributed by atoms with Crippen LogP contribution in [0.1, 0.15) is 36.2 Å². The Labute approximate surface area is 165 Å². The molecule has 0 heterocycles. The van der Waals surface area contributed by atoms with Crippen LogP contribution < -0.4 is 10.2 Å². The molecule has 0 aromatic heterocycles. The van der Waals surface area contributed by atoms with Crippen LogP contribution in [0.5, 0.6) is 5.75 Å². The van der Waals surface area contributed by atoms with Crippen LogP contribution in [0, 0.1) is 0 Å². The van der Waals surface area contributed by atoms with E-state index in [0.717, 1.165) is 34.6 Å². The maximum Gasteiger partial charge on any atom is 0.271 e. The molecule has 4 nitrogen and oxygen atoms in total. The van der Waals surface area contributed by atoms with E-state index in [9.17, 15) is 4.79 Å². The first-order valence-corrected chi connectivity index (χ1v) is 9.37. The molecular weight excluding hydrogens is 348 g/mol. The van der Waals surface area contributed by atoms with Gasteiger partial charge in [-0.3, -0.25) is 4.79 Å². The molecule has 0 unspecified atom stereocenters. The van der Waals surface area contributed by atoms with Crippen LogP contribution in [0.4, 0.5) is 0 Å². The van der Waals surface area contributed by atoms with Gasteiger partial charge in [0, 0.05) is 16.8 Å². The van der Waals surface area contributed by atoms with Gasteiger partial charge in [0.1, 0.15) is 12.4 Å². The summed E-state index contributed by atoms with van der Waals surface area (Å²) < 4.78 is 6.05. The average molecular weight is 372 g/mol. The molecule has 0 fully saturated rings. The molecule has 0 saturated heterocycles. The maximum atomic E-state index is 12.1. The number of benzene rings is 3. The van der Waals surface area contributed by atoms with Gasteiger partial charge in [-0.25, -0.2) is 5.43 Å². The van der Waals surface area contributed by atoms with E-state index in [1.807, 2.05) is 62.4 Å². The Morgan fingerprint density at radius 2 is 1.61 bits per heavy atom. The summed E-state index contributed by atoms with van der Waals surface area (Å²) in [7, 11) is 0. The van der Waals surface area contributed by atoms with Crippen molar-refractivity contribution in [3.63, 3.8) is 0 Å². The summed E-state index contributed by atoms with van der Waals surface area (Å²) in [5.41, 5.74) is 7.20. The van der Waals surface area contributed by atoms with Crippen LogP contribution in [-0.2, 0) is 6.61 Å². The Bertz CT molecular complexity index is 948. The Hall–Kier alpha value is -3.40. The quantitative estimate of drug-likeness (QED) is 0.443. The molecule has 142 valence electrons. The molecule has 1 amide bonds. The van der Waals surface area contributed by atoms with Crippen molar-refractivity contribution < 1.29 is 9.53 Å². The maximum absolute atomic E-state index is 12.1. The number of amides is 1. The Balaban J connectivity index is 1.66. The van der Waals surface area contributed by atoms with E-state index < -0.39 is 0 Å². The summed E-state index contributed by atoms with van der Waals surface area (Å²) in [6.07, 6.45) is 0.807. The fourth-order valence-corrected chi connectivity index (χ4v) is 2.65. The van der Waals surface area contributed by atoms with Gasteiger partial charge in [0.15, 0.2) is 0 Å². The van der Waals surface area contributed by atoms with Gasteiger partial charge in [-0.05, 0) is 42.7 Å². The van der Waals surface area contributed by atoms with Gasteiger partial charge in [0.25, 0.3) is 5.91 Å². The SMILES string of the molecule is CC/C(C)=N\NC(=O)c1ccc(COc2ccccc2-c2ccccc2)cc1. The molecule has 0 aliphatic rings. The number of nitrogens with zero attached hydrogens (tertiary/aromatic N) is 1. The molecular formula is C24H24N2O2. The summed E-state index contributed by atoms with van der Waals surface area (Å²) in [5, 5.41) is 4.05. The number of rotatable bonds is 7. The lowest BCUT2D eigenvalue weighted by Gasteiger charge is -2.12. The van der Waals surface area contributed by atoms with Crippen molar-refractivity contribution in [2.45, 2.75) is 26.9 Å². The molecule has 0 aliphatic carbocycles. The predicted octanol–water partition coefficient (Wildman–Crippen LogP) is 5.45. The molecule has 0 radical (unpaired) electrons. The number of para-hydroxylation sites is 1. The van der Waals surface area contributed by atoms with Crippen molar-refractivity contribution >= 4 is 11.6 Å². The summed E-state index contributed by atoms with van der Waals surface area (Å²) in [6.45, 7) is 4.31. The van der Waals surface area contributed by atoms with Crippen LogP contribution in [0.25, 0.3) is 11.1 Å². The number of carbonyl (C=O) groups is 1. The van der Waals surface area contributed by atoms with E-state index >= 15 is 0 Å². The Kier molecular flexibility index (Phi) is 6.58. The van der Waals surface area contributed by atoms with Crippen molar-refractivity contribution in [2.75, 3.05) is 0 Å². The van der Waals surface area contributed by atoms with Gasteiger partial charge >= 0.3 is 0 Å². The number of ether oxygens (including phenoxy) is 1. The van der Waals surface area contributed by atoms with Crippen LogP contribution in [0.3, 0.4) is 0 Å². The largest absolute Gasteiger partial charge is 0.488 e. The Morgan fingerprint density at radius 1 is 0.929 bits per heavy atom. The van der Waals surface area contributed by atoms with Gasteiger partial charge in [0.05, 0.1) is 0 Å². The highest BCUT2D eigenvalue weighted by molar-refractivity contribution is 5.95. The minimum atomic E-state index is -0.213. The van der Waals surface area contributed by atoms with Crippen LogP contribution in [-0.4, -0.2) is 11.6 Å². The summed E-state index contributed by atoms with van der Waals surface area (Å²) in [5.74, 6) is 0.620. The fourth-order valence-electron chi connectivity index (χ4n) is 2.65. The molecule has 28 heavy (non-hydrogen) atoms. The van der Waals surface area contributed by atoms with Crippen LogP contribution in [0.15, 0.2) is 84.0 Å².